The van der Waals surface area contributed by atoms with Crippen LogP contribution in [-0.2, 0) is 9.47 Å². The first-order valence-corrected chi connectivity index (χ1v) is 12.6. The molecule has 29 heavy (non-hydrogen) atoms. The molecule has 3 nitrogen and oxygen atoms in total. The summed E-state index contributed by atoms with van der Waals surface area (Å²) in [6.07, 6.45) is 22.6. The lowest BCUT2D eigenvalue weighted by molar-refractivity contribution is -0.180. The second-order valence-electron chi connectivity index (χ2n) is 9.59. The first-order valence-electron chi connectivity index (χ1n) is 12.6. The Morgan fingerprint density at radius 2 is 1.62 bits per heavy atom. The monoisotopic (exact) mass is 409 g/mol. The van der Waals surface area contributed by atoms with Crippen LogP contribution in [0.5, 0.6) is 0 Å². The molecule has 0 saturated carbocycles. The Labute approximate surface area is 182 Å². The van der Waals surface area contributed by atoms with Crippen LogP contribution >= 0.6 is 0 Å². The zero-order valence-corrected chi connectivity index (χ0v) is 20.4. The Morgan fingerprint density at radius 1 is 0.931 bits per heavy atom. The minimum atomic E-state index is -0.326. The standard InChI is InChI=1S/C26H51NO2/c1-6-8-9-10-11-13-16-20-26(28-23-25(29-26)22-27(4)5)21-17-14-12-15-19-24(3)18-7-2/h12,15,24-25H,6-11,13-14,16-23H2,1-5H3/b15-12-. The summed E-state index contributed by atoms with van der Waals surface area (Å²) in [6.45, 7) is 8.61. The van der Waals surface area contributed by atoms with Gasteiger partial charge in [0.2, 0.25) is 0 Å². The minimum Gasteiger partial charge on any atom is -0.347 e. The van der Waals surface area contributed by atoms with E-state index in [0.717, 1.165) is 44.8 Å². The molecule has 3 heteroatoms. The molecule has 172 valence electrons. The number of unbranched alkanes of at least 4 members (excludes halogenated alkanes) is 7. The molecule has 3 unspecified atom stereocenters. The average molecular weight is 410 g/mol. The molecule has 0 bridgehead atoms. The molecule has 1 fully saturated rings. The first-order chi connectivity index (χ1) is 14.0. The van der Waals surface area contributed by atoms with Gasteiger partial charge in [-0.3, -0.25) is 0 Å². The molecule has 0 amide bonds. The average Bonchev–Trinajstić information content (AvgIpc) is 3.06. The molecule has 1 aliphatic heterocycles. The fourth-order valence-corrected chi connectivity index (χ4v) is 4.40. The molecule has 0 N–H and O–H groups in total. The third-order valence-corrected chi connectivity index (χ3v) is 6.06. The van der Waals surface area contributed by atoms with Gasteiger partial charge in [0, 0.05) is 19.4 Å². The highest BCUT2D eigenvalue weighted by Crippen LogP contribution is 2.34. The first kappa shape index (κ1) is 26.7. The van der Waals surface area contributed by atoms with E-state index in [-0.39, 0.29) is 11.9 Å². The second-order valence-corrected chi connectivity index (χ2v) is 9.59. The van der Waals surface area contributed by atoms with Gasteiger partial charge >= 0.3 is 0 Å². The van der Waals surface area contributed by atoms with Crippen LogP contribution in [0.2, 0.25) is 0 Å². The highest BCUT2D eigenvalue weighted by molar-refractivity contribution is 4.86. The molecule has 0 aromatic rings. The fraction of sp³-hybridized carbons (Fsp3) is 0.923. The predicted octanol–water partition coefficient (Wildman–Crippen LogP) is 7.35. The highest BCUT2D eigenvalue weighted by atomic mass is 16.7. The fourth-order valence-electron chi connectivity index (χ4n) is 4.40. The van der Waals surface area contributed by atoms with E-state index in [0.29, 0.717) is 0 Å². The van der Waals surface area contributed by atoms with Crippen molar-refractivity contribution in [1.29, 1.82) is 0 Å². The Balaban J connectivity index is 2.36. The molecular weight excluding hydrogens is 358 g/mol. The normalized spacial score (nSPS) is 23.4. The Kier molecular flexibility index (Phi) is 15.0. The van der Waals surface area contributed by atoms with Crippen molar-refractivity contribution in [2.45, 2.75) is 123 Å². The van der Waals surface area contributed by atoms with Crippen molar-refractivity contribution in [1.82, 2.24) is 4.90 Å². The molecule has 0 aliphatic carbocycles. The van der Waals surface area contributed by atoms with Crippen LogP contribution in [0.25, 0.3) is 0 Å². The van der Waals surface area contributed by atoms with Gasteiger partial charge in [0.15, 0.2) is 5.79 Å². The van der Waals surface area contributed by atoms with Crippen LogP contribution < -0.4 is 0 Å². The van der Waals surface area contributed by atoms with E-state index < -0.39 is 0 Å². The maximum Gasteiger partial charge on any atom is 0.168 e. The number of nitrogens with zero attached hydrogens (tertiary/aromatic N) is 1. The molecule has 0 radical (unpaired) electrons. The third kappa shape index (κ3) is 12.8. The van der Waals surface area contributed by atoms with Gasteiger partial charge in [0.05, 0.1) is 12.7 Å². The number of hydrogen-bond acceptors (Lipinski definition) is 3. The van der Waals surface area contributed by atoms with Gasteiger partial charge in [-0.05, 0) is 45.7 Å². The molecule has 1 saturated heterocycles. The summed E-state index contributed by atoms with van der Waals surface area (Å²) < 4.78 is 12.8. The van der Waals surface area contributed by atoms with Gasteiger partial charge in [0.1, 0.15) is 0 Å². The van der Waals surface area contributed by atoms with E-state index >= 15 is 0 Å². The number of allylic oxidation sites excluding steroid dienone is 2. The van der Waals surface area contributed by atoms with Crippen molar-refractivity contribution in [3.63, 3.8) is 0 Å². The van der Waals surface area contributed by atoms with Crippen LogP contribution in [0.1, 0.15) is 111 Å². The van der Waals surface area contributed by atoms with Crippen molar-refractivity contribution >= 4 is 0 Å². The number of rotatable bonds is 18. The summed E-state index contributed by atoms with van der Waals surface area (Å²) in [7, 11) is 4.23. The number of ether oxygens (including phenoxy) is 2. The van der Waals surface area contributed by atoms with Crippen molar-refractivity contribution in [2.75, 3.05) is 27.2 Å². The van der Waals surface area contributed by atoms with Crippen molar-refractivity contribution in [2.24, 2.45) is 5.92 Å². The quantitative estimate of drug-likeness (QED) is 0.174. The van der Waals surface area contributed by atoms with Crippen LogP contribution in [0.3, 0.4) is 0 Å². The summed E-state index contributed by atoms with van der Waals surface area (Å²) in [5.74, 6) is 0.487. The van der Waals surface area contributed by atoms with Gasteiger partial charge in [-0.1, -0.05) is 84.3 Å². The highest BCUT2D eigenvalue weighted by Gasteiger charge is 2.40. The van der Waals surface area contributed by atoms with Crippen molar-refractivity contribution < 1.29 is 9.47 Å². The van der Waals surface area contributed by atoms with E-state index in [1.165, 1.54) is 64.2 Å². The zero-order valence-electron chi connectivity index (χ0n) is 20.4. The lowest BCUT2D eigenvalue weighted by Crippen LogP contribution is -2.33. The van der Waals surface area contributed by atoms with Crippen LogP contribution in [0, 0.1) is 5.92 Å². The minimum absolute atomic E-state index is 0.222. The van der Waals surface area contributed by atoms with E-state index in [2.05, 4.69) is 51.9 Å². The molecule has 1 rings (SSSR count). The van der Waals surface area contributed by atoms with Crippen LogP contribution in [-0.4, -0.2) is 44.0 Å². The maximum absolute atomic E-state index is 6.49. The third-order valence-electron chi connectivity index (χ3n) is 6.06. The summed E-state index contributed by atoms with van der Waals surface area (Å²) in [5, 5.41) is 0. The van der Waals surface area contributed by atoms with E-state index in [9.17, 15) is 0 Å². The van der Waals surface area contributed by atoms with E-state index in [1.54, 1.807) is 0 Å². The number of likely N-dealkylation sites (N-methyl/N-ethyl adjacent to an activating group) is 1. The topological polar surface area (TPSA) is 21.7 Å². The van der Waals surface area contributed by atoms with Gasteiger partial charge < -0.3 is 14.4 Å². The second kappa shape index (κ2) is 16.3. The SMILES string of the molecule is CCCCCCCCCC1(CCC/C=C\CC(C)CCC)OCC(CN(C)C)O1. The predicted molar refractivity (Wildman–Crippen MR) is 126 cm³/mol. The Morgan fingerprint density at radius 3 is 2.31 bits per heavy atom. The summed E-state index contributed by atoms with van der Waals surface area (Å²) >= 11 is 0. The van der Waals surface area contributed by atoms with E-state index in [4.69, 9.17) is 9.47 Å². The van der Waals surface area contributed by atoms with Crippen LogP contribution in [0.4, 0.5) is 0 Å². The molecule has 3 atom stereocenters. The zero-order chi connectivity index (χ0) is 21.4. The molecule has 0 spiro atoms. The van der Waals surface area contributed by atoms with Crippen molar-refractivity contribution in [3.05, 3.63) is 12.2 Å². The Hall–Kier alpha value is -0.380. The lowest BCUT2D eigenvalue weighted by Gasteiger charge is -2.29. The van der Waals surface area contributed by atoms with Crippen molar-refractivity contribution in [3.8, 4) is 0 Å². The molecule has 1 aliphatic rings. The van der Waals surface area contributed by atoms with Crippen LogP contribution in [0.15, 0.2) is 12.2 Å². The van der Waals surface area contributed by atoms with Gasteiger partial charge in [0.25, 0.3) is 0 Å². The molecule has 0 aromatic heterocycles. The maximum atomic E-state index is 6.49. The molecular formula is C26H51NO2. The van der Waals surface area contributed by atoms with E-state index in [1.807, 2.05) is 0 Å². The summed E-state index contributed by atoms with van der Waals surface area (Å²) in [6, 6.07) is 0. The lowest BCUT2D eigenvalue weighted by atomic mass is 9.99. The largest absolute Gasteiger partial charge is 0.347 e. The number of hydrogen-bond donors (Lipinski definition) is 0. The van der Waals surface area contributed by atoms with Gasteiger partial charge in [-0.2, -0.15) is 0 Å². The molecule has 1 heterocycles. The Bertz CT molecular complexity index is 410. The summed E-state index contributed by atoms with van der Waals surface area (Å²) in [4.78, 5) is 2.21. The summed E-state index contributed by atoms with van der Waals surface area (Å²) in [5.41, 5.74) is 0. The van der Waals surface area contributed by atoms with Gasteiger partial charge in [-0.15, -0.1) is 0 Å². The van der Waals surface area contributed by atoms with Gasteiger partial charge in [-0.25, -0.2) is 0 Å². The molecule has 0 aromatic carbocycles. The smallest absolute Gasteiger partial charge is 0.168 e.